The summed E-state index contributed by atoms with van der Waals surface area (Å²) < 4.78 is 5.86. The van der Waals surface area contributed by atoms with Gasteiger partial charge in [-0.15, -0.1) is 0 Å². The van der Waals surface area contributed by atoms with E-state index in [2.05, 4.69) is 86.6 Å². The molecule has 0 amide bonds. The van der Waals surface area contributed by atoms with Gasteiger partial charge in [-0.25, -0.2) is 0 Å². The molecule has 0 aromatic heterocycles. The molecule has 1 aliphatic carbocycles. The molecule has 0 saturated carbocycles. The lowest BCUT2D eigenvalue weighted by Crippen LogP contribution is -2.28. The summed E-state index contributed by atoms with van der Waals surface area (Å²) in [5, 5.41) is 10.4. The zero-order valence-corrected chi connectivity index (χ0v) is 18.4. The van der Waals surface area contributed by atoms with E-state index in [0.717, 1.165) is 11.3 Å². The second-order valence-electron chi connectivity index (χ2n) is 8.14. The van der Waals surface area contributed by atoms with Crippen LogP contribution in [0.1, 0.15) is 36.1 Å². The Hall–Kier alpha value is -3.17. The highest BCUT2D eigenvalue weighted by molar-refractivity contribution is 7.95. The van der Waals surface area contributed by atoms with E-state index in [-0.39, 0.29) is 5.75 Å². The van der Waals surface area contributed by atoms with Gasteiger partial charge in [0, 0.05) is 5.25 Å². The molecular weight excluding hydrogens is 400 g/mol. The van der Waals surface area contributed by atoms with Crippen LogP contribution in [-0.2, 0) is 5.41 Å². The molecule has 4 aromatic rings. The van der Waals surface area contributed by atoms with Crippen LogP contribution in [0.3, 0.4) is 0 Å². The summed E-state index contributed by atoms with van der Waals surface area (Å²) in [4.78, 5) is 0. The summed E-state index contributed by atoms with van der Waals surface area (Å²) in [7, 11) is 0. The minimum absolute atomic E-state index is 0.271. The quantitative estimate of drug-likeness (QED) is 0.303. The number of hydrogen-bond donors (Lipinski definition) is 1. The lowest BCUT2D eigenvalue weighted by molar-refractivity contribution is 0.475. The highest BCUT2D eigenvalue weighted by atomic mass is 32.2. The molecule has 154 valence electrons. The van der Waals surface area contributed by atoms with Crippen LogP contribution < -0.4 is 4.18 Å². The number of benzene rings is 4. The normalized spacial score (nSPS) is 13.6. The summed E-state index contributed by atoms with van der Waals surface area (Å²) in [6.07, 6.45) is 0. The fraction of sp³-hybridized carbons (Fsp3) is 0.143. The Kier molecular flexibility index (Phi) is 4.99. The van der Waals surface area contributed by atoms with Gasteiger partial charge in [-0.1, -0.05) is 86.6 Å². The zero-order valence-electron chi connectivity index (χ0n) is 17.6. The summed E-state index contributed by atoms with van der Waals surface area (Å²) >= 11 is 1.47. The SMILES string of the molecule is CC(C)SOc1ccc(C2(c3ccc(O)cc3)c3ccccc3-c3ccccc32)cc1. The van der Waals surface area contributed by atoms with E-state index >= 15 is 0 Å². The molecule has 0 atom stereocenters. The molecule has 1 aliphatic rings. The molecule has 0 fully saturated rings. The first kappa shape index (κ1) is 19.8. The molecule has 1 N–H and O–H groups in total. The van der Waals surface area contributed by atoms with Crippen molar-refractivity contribution in [1.29, 1.82) is 0 Å². The maximum absolute atomic E-state index is 9.97. The van der Waals surface area contributed by atoms with Crippen LogP contribution in [0.2, 0.25) is 0 Å². The van der Waals surface area contributed by atoms with Crippen LogP contribution in [0.4, 0.5) is 0 Å². The highest BCUT2D eigenvalue weighted by Crippen LogP contribution is 2.56. The smallest absolute Gasteiger partial charge is 0.137 e. The number of phenolic OH excluding ortho intramolecular Hbond substituents is 1. The van der Waals surface area contributed by atoms with E-state index < -0.39 is 5.41 Å². The molecule has 3 heteroatoms. The molecular formula is C28H24O2S. The first-order valence-electron chi connectivity index (χ1n) is 10.5. The van der Waals surface area contributed by atoms with Crippen molar-refractivity contribution in [3.05, 3.63) is 119 Å². The van der Waals surface area contributed by atoms with Gasteiger partial charge in [0.1, 0.15) is 11.5 Å². The molecule has 0 unspecified atom stereocenters. The monoisotopic (exact) mass is 424 g/mol. The largest absolute Gasteiger partial charge is 0.508 e. The van der Waals surface area contributed by atoms with Crippen LogP contribution >= 0.6 is 12.0 Å². The van der Waals surface area contributed by atoms with Crippen molar-refractivity contribution in [2.24, 2.45) is 0 Å². The van der Waals surface area contributed by atoms with E-state index in [1.54, 1.807) is 12.1 Å². The van der Waals surface area contributed by atoms with Gasteiger partial charge in [0.15, 0.2) is 0 Å². The van der Waals surface area contributed by atoms with E-state index in [9.17, 15) is 5.11 Å². The van der Waals surface area contributed by atoms with Gasteiger partial charge in [0.2, 0.25) is 0 Å². The van der Waals surface area contributed by atoms with Crippen molar-refractivity contribution in [2.75, 3.05) is 0 Å². The van der Waals surface area contributed by atoms with Crippen molar-refractivity contribution < 1.29 is 9.29 Å². The number of phenols is 1. The zero-order chi connectivity index (χ0) is 21.4. The van der Waals surface area contributed by atoms with E-state index in [1.165, 1.54) is 39.9 Å². The topological polar surface area (TPSA) is 29.5 Å². The van der Waals surface area contributed by atoms with E-state index in [4.69, 9.17) is 4.18 Å². The lowest BCUT2D eigenvalue weighted by Gasteiger charge is -2.34. The first-order chi connectivity index (χ1) is 15.1. The average Bonchev–Trinajstić information content (AvgIpc) is 3.10. The molecule has 0 aliphatic heterocycles. The van der Waals surface area contributed by atoms with Gasteiger partial charge >= 0.3 is 0 Å². The predicted octanol–water partition coefficient (Wildman–Crippen LogP) is 7.19. The molecule has 4 aromatic carbocycles. The third-order valence-electron chi connectivity index (χ3n) is 5.88. The van der Waals surface area contributed by atoms with Gasteiger partial charge in [-0.05, 0) is 57.6 Å². The molecule has 0 heterocycles. The number of rotatable bonds is 5. The first-order valence-corrected chi connectivity index (χ1v) is 11.3. The van der Waals surface area contributed by atoms with Crippen molar-refractivity contribution in [3.8, 4) is 22.6 Å². The number of aromatic hydroxyl groups is 1. The molecule has 0 saturated heterocycles. The summed E-state index contributed by atoms with van der Waals surface area (Å²) in [6.45, 7) is 4.23. The third-order valence-corrected chi connectivity index (χ3v) is 6.55. The third kappa shape index (κ3) is 3.21. The number of fused-ring (bicyclic) bond motifs is 3. The van der Waals surface area contributed by atoms with Gasteiger partial charge in [0.05, 0.1) is 17.5 Å². The Morgan fingerprint density at radius 3 is 1.68 bits per heavy atom. The standard InChI is InChI=1S/C28H24O2S/c1-19(2)31-30-23-17-13-21(14-18-23)28(20-11-15-22(29)16-12-20)26-9-5-3-7-24(26)25-8-4-6-10-27(25)28/h3-19,29H,1-2H3. The van der Waals surface area contributed by atoms with Crippen LogP contribution in [-0.4, -0.2) is 10.4 Å². The Morgan fingerprint density at radius 2 is 1.16 bits per heavy atom. The van der Waals surface area contributed by atoms with Crippen molar-refractivity contribution >= 4 is 12.0 Å². The van der Waals surface area contributed by atoms with Gasteiger partial charge in [0.25, 0.3) is 0 Å². The van der Waals surface area contributed by atoms with Crippen LogP contribution in [0.25, 0.3) is 11.1 Å². The van der Waals surface area contributed by atoms with Crippen LogP contribution in [0.15, 0.2) is 97.1 Å². The Bertz CT molecular complexity index is 1160. The summed E-state index contributed by atoms with van der Waals surface area (Å²) in [5.41, 5.74) is 6.87. The maximum Gasteiger partial charge on any atom is 0.137 e. The molecule has 5 rings (SSSR count). The number of hydrogen-bond acceptors (Lipinski definition) is 3. The van der Waals surface area contributed by atoms with Crippen LogP contribution in [0.5, 0.6) is 11.5 Å². The second kappa shape index (κ2) is 7.82. The fourth-order valence-electron chi connectivity index (χ4n) is 4.65. The molecule has 31 heavy (non-hydrogen) atoms. The van der Waals surface area contributed by atoms with Crippen molar-refractivity contribution in [2.45, 2.75) is 24.5 Å². The molecule has 0 bridgehead atoms. The second-order valence-corrected chi connectivity index (χ2v) is 9.44. The highest BCUT2D eigenvalue weighted by Gasteiger charge is 2.45. The van der Waals surface area contributed by atoms with Crippen molar-refractivity contribution in [3.63, 3.8) is 0 Å². The minimum Gasteiger partial charge on any atom is -0.508 e. The Labute approximate surface area is 187 Å². The van der Waals surface area contributed by atoms with Gasteiger partial charge < -0.3 is 9.29 Å². The molecule has 0 radical (unpaired) electrons. The van der Waals surface area contributed by atoms with Crippen molar-refractivity contribution in [1.82, 2.24) is 0 Å². The minimum atomic E-state index is -0.454. The van der Waals surface area contributed by atoms with Gasteiger partial charge in [-0.2, -0.15) is 0 Å². The van der Waals surface area contributed by atoms with E-state index in [1.807, 2.05) is 12.1 Å². The van der Waals surface area contributed by atoms with Gasteiger partial charge in [-0.3, -0.25) is 0 Å². The molecule has 0 spiro atoms. The Morgan fingerprint density at radius 1 is 0.677 bits per heavy atom. The van der Waals surface area contributed by atoms with E-state index in [0.29, 0.717) is 5.25 Å². The maximum atomic E-state index is 9.97. The Balaban J connectivity index is 1.76. The summed E-state index contributed by atoms with van der Waals surface area (Å²) in [6, 6.07) is 33.3. The molecule has 2 nitrogen and oxygen atoms in total. The summed E-state index contributed by atoms with van der Waals surface area (Å²) in [5.74, 6) is 1.12. The fourth-order valence-corrected chi connectivity index (χ4v) is 5.06. The predicted molar refractivity (Wildman–Crippen MR) is 129 cm³/mol. The average molecular weight is 425 g/mol. The van der Waals surface area contributed by atoms with Crippen LogP contribution in [0, 0.1) is 0 Å². The lowest BCUT2D eigenvalue weighted by atomic mass is 9.68.